The number of amides is 2. The maximum absolute atomic E-state index is 14.2. The molecule has 164 valence electrons. The Morgan fingerprint density at radius 2 is 1.66 bits per heavy atom. The molecule has 1 saturated heterocycles. The molecule has 32 heavy (non-hydrogen) atoms. The lowest BCUT2D eigenvalue weighted by atomic mass is 10.1. The van der Waals surface area contributed by atoms with Crippen molar-refractivity contribution in [1.29, 1.82) is 0 Å². The van der Waals surface area contributed by atoms with Gasteiger partial charge in [-0.25, -0.2) is 4.39 Å². The molecular weight excluding hydrogens is 417 g/mol. The van der Waals surface area contributed by atoms with Crippen LogP contribution in [0, 0.1) is 5.82 Å². The number of benzene rings is 2. The molecular formula is C23H20FN3O5. The van der Waals surface area contributed by atoms with Crippen molar-refractivity contribution in [2.24, 2.45) is 0 Å². The van der Waals surface area contributed by atoms with Crippen LogP contribution in [0.5, 0.6) is 5.75 Å². The van der Waals surface area contributed by atoms with Gasteiger partial charge < -0.3 is 19.5 Å². The van der Waals surface area contributed by atoms with E-state index < -0.39 is 23.5 Å². The molecule has 2 aromatic carbocycles. The zero-order valence-corrected chi connectivity index (χ0v) is 17.3. The third-order valence-electron chi connectivity index (χ3n) is 5.29. The normalized spacial score (nSPS) is 13.8. The molecule has 1 N–H and O–H groups in total. The molecule has 0 saturated carbocycles. The summed E-state index contributed by atoms with van der Waals surface area (Å²) in [5, 5.41) is 0.0901. The number of H-pyrrole nitrogens is 1. The number of piperazine rings is 1. The van der Waals surface area contributed by atoms with Gasteiger partial charge in [0.05, 0.1) is 5.56 Å². The minimum Gasteiger partial charge on any atom is -0.427 e. The van der Waals surface area contributed by atoms with Gasteiger partial charge in [-0.1, -0.05) is 12.1 Å². The summed E-state index contributed by atoms with van der Waals surface area (Å²) in [6, 6.07) is 10.7. The molecule has 0 unspecified atom stereocenters. The van der Waals surface area contributed by atoms with Crippen molar-refractivity contribution >= 4 is 34.5 Å². The summed E-state index contributed by atoms with van der Waals surface area (Å²) in [4.78, 5) is 55.1. The maximum Gasteiger partial charge on any atom is 0.308 e. The van der Waals surface area contributed by atoms with Crippen LogP contribution in [-0.2, 0) is 9.59 Å². The Kier molecular flexibility index (Phi) is 5.72. The number of esters is 1. The lowest BCUT2D eigenvalue weighted by Crippen LogP contribution is -2.52. The van der Waals surface area contributed by atoms with Crippen molar-refractivity contribution in [3.63, 3.8) is 0 Å². The van der Waals surface area contributed by atoms with E-state index in [9.17, 15) is 23.6 Å². The van der Waals surface area contributed by atoms with Crippen LogP contribution < -0.4 is 4.74 Å². The molecule has 1 aliphatic heterocycles. The second-order valence-electron chi connectivity index (χ2n) is 7.40. The van der Waals surface area contributed by atoms with Crippen molar-refractivity contribution in [3.8, 4) is 5.75 Å². The topological polar surface area (TPSA) is 99.8 Å². The highest BCUT2D eigenvalue weighted by molar-refractivity contribution is 6.44. The summed E-state index contributed by atoms with van der Waals surface area (Å²) in [5.74, 6) is -2.59. The molecule has 0 radical (unpaired) electrons. The van der Waals surface area contributed by atoms with E-state index in [1.807, 2.05) is 0 Å². The molecule has 0 aliphatic carbocycles. The van der Waals surface area contributed by atoms with Gasteiger partial charge >= 0.3 is 5.97 Å². The Hall–Kier alpha value is -4.01. The fourth-order valence-corrected chi connectivity index (χ4v) is 3.73. The van der Waals surface area contributed by atoms with E-state index in [2.05, 4.69) is 4.98 Å². The highest BCUT2D eigenvalue weighted by Crippen LogP contribution is 2.23. The van der Waals surface area contributed by atoms with Crippen LogP contribution in [-0.4, -0.2) is 64.5 Å². The lowest BCUT2D eigenvalue weighted by molar-refractivity contribution is -0.132. The second-order valence-corrected chi connectivity index (χ2v) is 7.40. The number of Topliss-reactive ketones (excluding diaryl/α,β-unsaturated/α-hetero) is 1. The predicted octanol–water partition coefficient (Wildman–Crippen LogP) is 2.40. The number of halogens is 1. The number of ether oxygens (including phenoxy) is 1. The van der Waals surface area contributed by atoms with E-state index in [1.165, 1.54) is 36.2 Å². The standard InChI is InChI=1S/C23H20FN3O5/c1-14(28)32-16-5-2-4-15(12-16)22(30)26-8-10-27(11-9-26)23(31)21(29)17-13-25-19-7-3-6-18(24)20(17)19/h2-7,12-13,25H,8-11H2,1H3. The van der Waals surface area contributed by atoms with Crippen LogP contribution in [0.4, 0.5) is 4.39 Å². The number of hydrogen-bond acceptors (Lipinski definition) is 5. The number of rotatable bonds is 4. The zero-order chi connectivity index (χ0) is 22.8. The summed E-state index contributed by atoms with van der Waals surface area (Å²) in [7, 11) is 0. The van der Waals surface area contributed by atoms with E-state index in [-0.39, 0.29) is 48.8 Å². The number of nitrogens with one attached hydrogen (secondary N) is 1. The molecule has 3 aromatic rings. The number of carbonyl (C=O) groups excluding carboxylic acids is 4. The summed E-state index contributed by atoms with van der Waals surface area (Å²) in [5.41, 5.74) is 0.783. The largest absolute Gasteiger partial charge is 0.427 e. The highest BCUT2D eigenvalue weighted by atomic mass is 19.1. The Bertz CT molecular complexity index is 1230. The lowest BCUT2D eigenvalue weighted by Gasteiger charge is -2.34. The van der Waals surface area contributed by atoms with E-state index in [4.69, 9.17) is 4.74 Å². The summed E-state index contributed by atoms with van der Waals surface area (Å²) < 4.78 is 19.2. The second kappa shape index (κ2) is 8.62. The van der Waals surface area contributed by atoms with Gasteiger partial charge in [-0.05, 0) is 30.3 Å². The van der Waals surface area contributed by atoms with Gasteiger partial charge in [0.1, 0.15) is 11.6 Å². The molecule has 4 rings (SSSR count). The van der Waals surface area contributed by atoms with Gasteiger partial charge in [0.2, 0.25) is 0 Å². The summed E-state index contributed by atoms with van der Waals surface area (Å²) in [6.07, 6.45) is 1.34. The summed E-state index contributed by atoms with van der Waals surface area (Å²) in [6.45, 7) is 2.09. The first-order valence-electron chi connectivity index (χ1n) is 10.0. The van der Waals surface area contributed by atoms with Crippen LogP contribution >= 0.6 is 0 Å². The molecule has 9 heteroatoms. The van der Waals surface area contributed by atoms with E-state index in [1.54, 1.807) is 29.2 Å². The van der Waals surface area contributed by atoms with E-state index in [0.29, 0.717) is 11.1 Å². The predicted molar refractivity (Wildman–Crippen MR) is 113 cm³/mol. The third kappa shape index (κ3) is 4.09. The van der Waals surface area contributed by atoms with Gasteiger partial charge in [0.25, 0.3) is 17.6 Å². The number of aromatic amines is 1. The average Bonchev–Trinajstić information content (AvgIpc) is 3.23. The number of fused-ring (bicyclic) bond motifs is 1. The smallest absolute Gasteiger partial charge is 0.308 e. The molecule has 2 heterocycles. The average molecular weight is 437 g/mol. The molecule has 0 spiro atoms. The van der Waals surface area contributed by atoms with Gasteiger partial charge in [0, 0.05) is 55.8 Å². The highest BCUT2D eigenvalue weighted by Gasteiger charge is 2.30. The van der Waals surface area contributed by atoms with Crippen LogP contribution in [0.2, 0.25) is 0 Å². The van der Waals surface area contributed by atoms with Crippen molar-refractivity contribution in [1.82, 2.24) is 14.8 Å². The number of nitrogens with zero attached hydrogens (tertiary/aromatic N) is 2. The van der Waals surface area contributed by atoms with Crippen molar-refractivity contribution in [2.75, 3.05) is 26.2 Å². The molecule has 2 amide bonds. The molecule has 0 bridgehead atoms. The van der Waals surface area contributed by atoms with Gasteiger partial charge in [-0.3, -0.25) is 19.2 Å². The minimum absolute atomic E-state index is 0.0103. The van der Waals surface area contributed by atoms with Gasteiger partial charge in [-0.15, -0.1) is 0 Å². The third-order valence-corrected chi connectivity index (χ3v) is 5.29. The van der Waals surface area contributed by atoms with Gasteiger partial charge in [-0.2, -0.15) is 0 Å². The molecule has 1 aliphatic rings. The Balaban J connectivity index is 1.42. The monoisotopic (exact) mass is 437 g/mol. The number of ketones is 1. The fourth-order valence-electron chi connectivity index (χ4n) is 3.73. The van der Waals surface area contributed by atoms with E-state index in [0.717, 1.165) is 0 Å². The number of aromatic nitrogens is 1. The maximum atomic E-state index is 14.2. The molecule has 0 atom stereocenters. The molecule has 1 aromatic heterocycles. The van der Waals surface area contributed by atoms with Crippen LogP contribution in [0.15, 0.2) is 48.7 Å². The fraction of sp³-hybridized carbons (Fsp3) is 0.217. The molecule has 8 nitrogen and oxygen atoms in total. The minimum atomic E-state index is -0.796. The van der Waals surface area contributed by atoms with Crippen LogP contribution in [0.1, 0.15) is 27.6 Å². The number of hydrogen-bond donors (Lipinski definition) is 1. The first-order valence-corrected chi connectivity index (χ1v) is 10.0. The molecule has 1 fully saturated rings. The quantitative estimate of drug-likeness (QED) is 0.292. The Morgan fingerprint density at radius 3 is 2.38 bits per heavy atom. The van der Waals surface area contributed by atoms with Crippen LogP contribution in [0.25, 0.3) is 10.9 Å². The SMILES string of the molecule is CC(=O)Oc1cccc(C(=O)N2CCN(C(=O)C(=O)c3c[nH]c4cccc(F)c34)CC2)c1. The van der Waals surface area contributed by atoms with E-state index >= 15 is 0 Å². The Labute approximate surface area is 182 Å². The first kappa shape index (κ1) is 21.2. The number of carbonyl (C=O) groups is 4. The van der Waals surface area contributed by atoms with Crippen molar-refractivity contribution < 1.29 is 28.3 Å². The van der Waals surface area contributed by atoms with Crippen molar-refractivity contribution in [2.45, 2.75) is 6.92 Å². The van der Waals surface area contributed by atoms with Crippen molar-refractivity contribution in [3.05, 3.63) is 65.6 Å². The summed E-state index contributed by atoms with van der Waals surface area (Å²) >= 11 is 0. The first-order chi connectivity index (χ1) is 15.3. The Morgan fingerprint density at radius 1 is 0.969 bits per heavy atom. The van der Waals surface area contributed by atoms with Gasteiger partial charge in [0.15, 0.2) is 0 Å². The van der Waals surface area contributed by atoms with Crippen LogP contribution in [0.3, 0.4) is 0 Å². The zero-order valence-electron chi connectivity index (χ0n) is 17.3.